The first-order valence-electron chi connectivity index (χ1n) is 6.35. The van der Waals surface area contributed by atoms with E-state index >= 15 is 0 Å². The highest BCUT2D eigenvalue weighted by atomic mass is 79.9. The fourth-order valence-corrected chi connectivity index (χ4v) is 2.94. The summed E-state index contributed by atoms with van der Waals surface area (Å²) in [5.74, 6) is -0.112. The second-order valence-electron chi connectivity index (χ2n) is 5.28. The van der Waals surface area contributed by atoms with Crippen LogP contribution in [0.2, 0.25) is 5.02 Å². The van der Waals surface area contributed by atoms with E-state index in [4.69, 9.17) is 11.6 Å². The highest BCUT2D eigenvalue weighted by molar-refractivity contribution is 9.10. The van der Waals surface area contributed by atoms with Gasteiger partial charge in [-0.15, -0.1) is 0 Å². The molecule has 0 bridgehead atoms. The molecule has 19 heavy (non-hydrogen) atoms. The van der Waals surface area contributed by atoms with Gasteiger partial charge in [-0.2, -0.15) is 0 Å². The maximum atomic E-state index is 12.2. The lowest BCUT2D eigenvalue weighted by atomic mass is 9.75. The Balaban J connectivity index is 2.03. The van der Waals surface area contributed by atoms with E-state index in [0.717, 1.165) is 17.3 Å². The summed E-state index contributed by atoms with van der Waals surface area (Å²) in [5.41, 5.74) is 0.637. The van der Waals surface area contributed by atoms with Crippen LogP contribution in [-0.4, -0.2) is 37.0 Å². The SMILES string of the molecule is CN(C)C1(CNC(=O)c2cc(Br)ccc2Cl)CCC1. The molecule has 0 saturated heterocycles. The molecule has 1 N–H and O–H groups in total. The Morgan fingerprint density at radius 3 is 2.68 bits per heavy atom. The number of carbonyl (C=O) groups is 1. The zero-order valence-corrected chi connectivity index (χ0v) is 13.5. The molecule has 1 aromatic rings. The molecule has 1 aliphatic rings. The number of hydrogen-bond acceptors (Lipinski definition) is 2. The van der Waals surface area contributed by atoms with Gasteiger partial charge in [0.25, 0.3) is 5.91 Å². The summed E-state index contributed by atoms with van der Waals surface area (Å²) in [7, 11) is 4.13. The molecule has 1 aromatic carbocycles. The zero-order valence-electron chi connectivity index (χ0n) is 11.2. The van der Waals surface area contributed by atoms with Crippen molar-refractivity contribution in [2.75, 3.05) is 20.6 Å². The van der Waals surface area contributed by atoms with Crippen molar-refractivity contribution in [1.82, 2.24) is 10.2 Å². The van der Waals surface area contributed by atoms with Gasteiger partial charge in [0.05, 0.1) is 10.6 Å². The molecule has 0 spiro atoms. The van der Waals surface area contributed by atoms with Crippen LogP contribution in [0.25, 0.3) is 0 Å². The zero-order chi connectivity index (χ0) is 14.0. The van der Waals surface area contributed by atoms with Gasteiger partial charge in [-0.25, -0.2) is 0 Å². The van der Waals surface area contributed by atoms with Crippen molar-refractivity contribution in [3.63, 3.8) is 0 Å². The van der Waals surface area contributed by atoms with Gasteiger partial charge in [-0.3, -0.25) is 4.79 Å². The smallest absolute Gasteiger partial charge is 0.252 e. The van der Waals surface area contributed by atoms with Crippen LogP contribution in [0.15, 0.2) is 22.7 Å². The molecule has 0 unspecified atom stereocenters. The fourth-order valence-electron chi connectivity index (χ4n) is 2.38. The predicted octanol–water partition coefficient (Wildman–Crippen LogP) is 3.32. The van der Waals surface area contributed by atoms with Gasteiger partial charge in [0.15, 0.2) is 0 Å². The van der Waals surface area contributed by atoms with E-state index < -0.39 is 0 Å². The molecule has 0 aromatic heterocycles. The monoisotopic (exact) mass is 344 g/mol. The van der Waals surface area contributed by atoms with Crippen molar-refractivity contribution in [2.24, 2.45) is 0 Å². The summed E-state index contributed by atoms with van der Waals surface area (Å²) < 4.78 is 0.855. The largest absolute Gasteiger partial charge is 0.350 e. The first-order valence-corrected chi connectivity index (χ1v) is 7.52. The average molecular weight is 346 g/mol. The summed E-state index contributed by atoms with van der Waals surface area (Å²) in [6.45, 7) is 0.668. The number of halogens is 2. The van der Waals surface area contributed by atoms with E-state index in [0.29, 0.717) is 17.1 Å². The number of hydrogen-bond donors (Lipinski definition) is 1. The molecule has 0 radical (unpaired) electrons. The third-order valence-corrected chi connectivity index (χ3v) is 4.81. The summed E-state index contributed by atoms with van der Waals surface area (Å²) in [6, 6.07) is 5.30. The molecule has 104 valence electrons. The van der Waals surface area contributed by atoms with Gasteiger partial charge in [0, 0.05) is 16.6 Å². The Morgan fingerprint density at radius 2 is 2.16 bits per heavy atom. The fraction of sp³-hybridized carbons (Fsp3) is 0.500. The number of rotatable bonds is 4. The number of amides is 1. The van der Waals surface area contributed by atoms with Crippen LogP contribution in [0.4, 0.5) is 0 Å². The van der Waals surface area contributed by atoms with E-state index in [1.54, 1.807) is 12.1 Å². The minimum absolute atomic E-state index is 0.112. The van der Waals surface area contributed by atoms with Crippen LogP contribution in [0.1, 0.15) is 29.6 Å². The number of carbonyl (C=O) groups excluding carboxylic acids is 1. The Morgan fingerprint density at radius 1 is 1.47 bits per heavy atom. The minimum Gasteiger partial charge on any atom is -0.350 e. The van der Waals surface area contributed by atoms with E-state index in [1.807, 2.05) is 6.07 Å². The molecule has 0 aliphatic heterocycles. The number of benzene rings is 1. The third-order valence-electron chi connectivity index (χ3n) is 3.98. The van der Waals surface area contributed by atoms with Gasteiger partial charge in [-0.05, 0) is 51.6 Å². The van der Waals surface area contributed by atoms with Crippen LogP contribution in [0.5, 0.6) is 0 Å². The van der Waals surface area contributed by atoms with Gasteiger partial charge in [0.2, 0.25) is 0 Å². The molecule has 1 aliphatic carbocycles. The van der Waals surface area contributed by atoms with Gasteiger partial charge < -0.3 is 10.2 Å². The lowest BCUT2D eigenvalue weighted by Gasteiger charge is -2.47. The number of nitrogens with zero attached hydrogens (tertiary/aromatic N) is 1. The van der Waals surface area contributed by atoms with Crippen LogP contribution in [-0.2, 0) is 0 Å². The normalized spacial score (nSPS) is 17.1. The molecular formula is C14H18BrClN2O. The van der Waals surface area contributed by atoms with Gasteiger partial charge >= 0.3 is 0 Å². The van der Waals surface area contributed by atoms with Crippen molar-refractivity contribution in [1.29, 1.82) is 0 Å². The van der Waals surface area contributed by atoms with Crippen LogP contribution in [0, 0.1) is 0 Å². The maximum absolute atomic E-state index is 12.2. The third kappa shape index (κ3) is 3.12. The molecule has 2 rings (SSSR count). The second kappa shape index (κ2) is 5.81. The van der Waals surface area contributed by atoms with Crippen molar-refractivity contribution >= 4 is 33.4 Å². The average Bonchev–Trinajstić information content (AvgIpc) is 2.30. The molecule has 1 fully saturated rings. The van der Waals surface area contributed by atoms with Crippen LogP contribution >= 0.6 is 27.5 Å². The Labute approximate surface area is 127 Å². The standard InChI is InChI=1S/C14H18BrClN2O/c1-18(2)14(6-3-7-14)9-17-13(19)11-8-10(15)4-5-12(11)16/h4-5,8H,3,6-7,9H2,1-2H3,(H,17,19). The van der Waals surface area contributed by atoms with Crippen molar-refractivity contribution < 1.29 is 4.79 Å². The predicted molar refractivity (Wildman–Crippen MR) is 81.8 cm³/mol. The highest BCUT2D eigenvalue weighted by Crippen LogP contribution is 2.35. The molecule has 1 saturated carbocycles. The van der Waals surface area contributed by atoms with Crippen LogP contribution in [0.3, 0.4) is 0 Å². The molecule has 3 nitrogen and oxygen atoms in total. The topological polar surface area (TPSA) is 32.3 Å². The summed E-state index contributed by atoms with van der Waals surface area (Å²) in [6.07, 6.45) is 3.49. The highest BCUT2D eigenvalue weighted by Gasteiger charge is 2.39. The Bertz CT molecular complexity index is 486. The van der Waals surface area contributed by atoms with E-state index in [9.17, 15) is 4.79 Å². The molecule has 1 amide bonds. The first kappa shape index (κ1) is 14.8. The van der Waals surface area contributed by atoms with Crippen molar-refractivity contribution in [2.45, 2.75) is 24.8 Å². The molecule has 0 heterocycles. The second-order valence-corrected chi connectivity index (χ2v) is 6.60. The Hall–Kier alpha value is -0.580. The quantitative estimate of drug-likeness (QED) is 0.908. The van der Waals surface area contributed by atoms with Crippen molar-refractivity contribution in [3.8, 4) is 0 Å². The van der Waals surface area contributed by atoms with Crippen molar-refractivity contribution in [3.05, 3.63) is 33.3 Å². The molecular weight excluding hydrogens is 328 g/mol. The summed E-state index contributed by atoms with van der Waals surface area (Å²) >= 11 is 9.42. The van der Waals surface area contributed by atoms with E-state index in [1.165, 1.54) is 6.42 Å². The number of nitrogens with one attached hydrogen (secondary N) is 1. The summed E-state index contributed by atoms with van der Waals surface area (Å²) in [5, 5.41) is 3.49. The summed E-state index contributed by atoms with van der Waals surface area (Å²) in [4.78, 5) is 14.4. The lowest BCUT2D eigenvalue weighted by Crippen LogP contribution is -2.57. The van der Waals surface area contributed by atoms with Gasteiger partial charge in [-0.1, -0.05) is 27.5 Å². The lowest BCUT2D eigenvalue weighted by molar-refractivity contribution is 0.0557. The molecule has 0 atom stereocenters. The minimum atomic E-state index is -0.112. The maximum Gasteiger partial charge on any atom is 0.252 e. The molecule has 5 heteroatoms. The van der Waals surface area contributed by atoms with E-state index in [-0.39, 0.29) is 11.4 Å². The van der Waals surface area contributed by atoms with Crippen LogP contribution < -0.4 is 5.32 Å². The van der Waals surface area contributed by atoms with Gasteiger partial charge in [0.1, 0.15) is 0 Å². The Kier molecular flexibility index (Phi) is 4.54. The first-order chi connectivity index (χ1) is 8.94. The number of likely N-dealkylation sites (N-methyl/N-ethyl adjacent to an activating group) is 1. The van der Waals surface area contributed by atoms with E-state index in [2.05, 4.69) is 40.2 Å².